The first kappa shape index (κ1) is 31.2. The maximum Gasteiger partial charge on any atom is 0.159 e. The summed E-state index contributed by atoms with van der Waals surface area (Å²) in [7, 11) is 0. The zero-order valence-corrected chi connectivity index (χ0v) is 29.8. The lowest BCUT2D eigenvalue weighted by Crippen LogP contribution is -2.12. The first-order chi connectivity index (χ1) is 27.3. The molecular formula is C52H33NO2. The molecule has 0 aliphatic rings. The number of fused-ring (bicyclic) bond motifs is 7. The van der Waals surface area contributed by atoms with E-state index in [-0.39, 0.29) is 0 Å². The molecule has 0 bridgehead atoms. The van der Waals surface area contributed by atoms with Crippen LogP contribution in [-0.2, 0) is 0 Å². The van der Waals surface area contributed by atoms with Gasteiger partial charge < -0.3 is 13.7 Å². The van der Waals surface area contributed by atoms with Gasteiger partial charge in [-0.3, -0.25) is 0 Å². The molecular weight excluding hydrogens is 671 g/mol. The quantitative estimate of drug-likeness (QED) is 0.173. The average Bonchev–Trinajstić information content (AvgIpc) is 3.83. The number of hydrogen-bond donors (Lipinski definition) is 0. The van der Waals surface area contributed by atoms with Gasteiger partial charge in [0.05, 0.1) is 11.4 Å². The topological polar surface area (TPSA) is 29.5 Å². The minimum Gasteiger partial charge on any atom is -0.455 e. The molecule has 0 amide bonds. The standard InChI is InChI=1S/C52H33NO2/c1-2-14-35(15-3-1)41-30-29-38(37-28-27-34-13-4-5-16-36(34)31-37)33-48(41)53(47-24-12-23-46-44-20-7-9-26-50(44)55-52(46)47)40-18-10-17-39(32-40)42-21-11-22-45-43-19-6-8-25-49(43)54-51(42)45/h1-33H. The Morgan fingerprint density at radius 3 is 1.73 bits per heavy atom. The van der Waals surface area contributed by atoms with Crippen LogP contribution < -0.4 is 4.90 Å². The minimum absolute atomic E-state index is 0.837. The van der Waals surface area contributed by atoms with Gasteiger partial charge in [-0.25, -0.2) is 0 Å². The molecule has 0 N–H and O–H groups in total. The van der Waals surface area contributed by atoms with Gasteiger partial charge in [0.25, 0.3) is 0 Å². The van der Waals surface area contributed by atoms with Crippen molar-refractivity contribution < 1.29 is 8.83 Å². The van der Waals surface area contributed by atoms with E-state index in [1.807, 2.05) is 24.3 Å². The van der Waals surface area contributed by atoms with Crippen LogP contribution in [0.5, 0.6) is 0 Å². The highest BCUT2D eigenvalue weighted by Gasteiger charge is 2.24. The molecule has 0 aliphatic heterocycles. The van der Waals surface area contributed by atoms with Crippen molar-refractivity contribution in [2.24, 2.45) is 0 Å². The SMILES string of the molecule is c1ccc(-c2ccc(-c3ccc4ccccc4c3)cc2N(c2cccc(-c3cccc4c3oc3ccccc34)c2)c2cccc3c2oc2ccccc23)cc1. The summed E-state index contributed by atoms with van der Waals surface area (Å²) in [5.74, 6) is 0. The zero-order valence-electron chi connectivity index (χ0n) is 29.8. The number of hydrogen-bond acceptors (Lipinski definition) is 3. The molecule has 2 aromatic heterocycles. The molecule has 0 atom stereocenters. The largest absolute Gasteiger partial charge is 0.455 e. The Morgan fingerprint density at radius 1 is 0.309 bits per heavy atom. The summed E-state index contributed by atoms with van der Waals surface area (Å²) in [5.41, 5.74) is 13.1. The van der Waals surface area contributed by atoms with E-state index in [0.717, 1.165) is 94.3 Å². The maximum absolute atomic E-state index is 6.77. The Morgan fingerprint density at radius 2 is 0.909 bits per heavy atom. The second-order valence-electron chi connectivity index (χ2n) is 14.1. The van der Waals surface area contributed by atoms with Crippen molar-refractivity contribution in [1.82, 2.24) is 0 Å². The summed E-state index contributed by atoms with van der Waals surface area (Å²) >= 11 is 0. The maximum atomic E-state index is 6.77. The molecule has 9 aromatic carbocycles. The van der Waals surface area contributed by atoms with Crippen LogP contribution in [0.1, 0.15) is 0 Å². The molecule has 3 nitrogen and oxygen atoms in total. The molecule has 2 heterocycles. The Labute approximate surface area is 317 Å². The van der Waals surface area contributed by atoms with E-state index in [1.165, 1.54) is 10.8 Å². The number of rotatable bonds is 6. The fourth-order valence-corrected chi connectivity index (χ4v) is 8.23. The van der Waals surface area contributed by atoms with Crippen LogP contribution in [0.25, 0.3) is 88.0 Å². The number of nitrogens with zero attached hydrogens (tertiary/aromatic N) is 1. The molecule has 0 saturated carbocycles. The van der Waals surface area contributed by atoms with Gasteiger partial charge >= 0.3 is 0 Å². The summed E-state index contributed by atoms with van der Waals surface area (Å²) in [4.78, 5) is 2.37. The molecule has 3 heteroatoms. The molecule has 55 heavy (non-hydrogen) atoms. The van der Waals surface area contributed by atoms with Gasteiger partial charge in [0.15, 0.2) is 5.58 Å². The summed E-state index contributed by atoms with van der Waals surface area (Å²) in [5, 5.41) is 6.83. The zero-order chi connectivity index (χ0) is 36.3. The van der Waals surface area contributed by atoms with Gasteiger partial charge in [-0.2, -0.15) is 0 Å². The fourth-order valence-electron chi connectivity index (χ4n) is 8.23. The Hall–Kier alpha value is -7.36. The molecule has 0 spiro atoms. The van der Waals surface area contributed by atoms with Gasteiger partial charge in [0.1, 0.15) is 16.7 Å². The van der Waals surface area contributed by atoms with Crippen molar-refractivity contribution in [3.63, 3.8) is 0 Å². The Balaban J connectivity index is 1.19. The van der Waals surface area contributed by atoms with Gasteiger partial charge in [-0.1, -0.05) is 158 Å². The molecule has 0 radical (unpaired) electrons. The molecule has 0 unspecified atom stereocenters. The van der Waals surface area contributed by atoms with Gasteiger partial charge in [0, 0.05) is 38.4 Å². The van der Waals surface area contributed by atoms with Crippen LogP contribution in [-0.4, -0.2) is 0 Å². The highest BCUT2D eigenvalue weighted by molar-refractivity contribution is 6.12. The highest BCUT2D eigenvalue weighted by atomic mass is 16.3. The van der Waals surface area contributed by atoms with E-state index in [9.17, 15) is 0 Å². The van der Waals surface area contributed by atoms with Crippen molar-refractivity contribution in [3.05, 3.63) is 200 Å². The normalized spacial score (nSPS) is 11.6. The number of benzene rings is 9. The van der Waals surface area contributed by atoms with E-state index in [1.54, 1.807) is 0 Å². The third-order valence-electron chi connectivity index (χ3n) is 10.9. The van der Waals surface area contributed by atoms with Gasteiger partial charge in [0.2, 0.25) is 0 Å². The minimum atomic E-state index is 0.837. The van der Waals surface area contributed by atoms with Crippen LogP contribution in [0.2, 0.25) is 0 Å². The van der Waals surface area contributed by atoms with Crippen LogP contribution in [0.15, 0.2) is 209 Å². The van der Waals surface area contributed by atoms with Crippen LogP contribution in [0.3, 0.4) is 0 Å². The lowest BCUT2D eigenvalue weighted by atomic mass is 9.95. The summed E-state index contributed by atoms with van der Waals surface area (Å²) < 4.78 is 13.3. The lowest BCUT2D eigenvalue weighted by molar-refractivity contribution is 0.669. The fraction of sp³-hybridized carbons (Fsp3) is 0. The third kappa shape index (κ3) is 5.20. The smallest absolute Gasteiger partial charge is 0.159 e. The van der Waals surface area contributed by atoms with Crippen molar-refractivity contribution in [3.8, 4) is 33.4 Å². The van der Waals surface area contributed by atoms with Crippen molar-refractivity contribution in [1.29, 1.82) is 0 Å². The number of furan rings is 2. The van der Waals surface area contributed by atoms with Crippen molar-refractivity contribution in [2.75, 3.05) is 4.90 Å². The van der Waals surface area contributed by atoms with Crippen LogP contribution in [0, 0.1) is 0 Å². The lowest BCUT2D eigenvalue weighted by Gasteiger charge is -2.29. The van der Waals surface area contributed by atoms with Crippen LogP contribution in [0.4, 0.5) is 17.1 Å². The number of anilines is 3. The molecule has 0 fully saturated rings. The van der Waals surface area contributed by atoms with E-state index < -0.39 is 0 Å². The monoisotopic (exact) mass is 703 g/mol. The average molecular weight is 704 g/mol. The molecule has 11 aromatic rings. The summed E-state index contributed by atoms with van der Waals surface area (Å²) in [6, 6.07) is 71.0. The van der Waals surface area contributed by atoms with Crippen LogP contribution >= 0.6 is 0 Å². The third-order valence-corrected chi connectivity index (χ3v) is 10.9. The first-order valence-electron chi connectivity index (χ1n) is 18.7. The Bertz CT molecular complexity index is 3220. The van der Waals surface area contributed by atoms with Gasteiger partial charge in [-0.05, 0) is 75.5 Å². The predicted octanol–water partition coefficient (Wildman–Crippen LogP) is 15.1. The summed E-state index contributed by atoms with van der Waals surface area (Å²) in [6.07, 6.45) is 0. The van der Waals surface area contributed by atoms with E-state index in [4.69, 9.17) is 8.83 Å². The second kappa shape index (κ2) is 12.6. The highest BCUT2D eigenvalue weighted by Crippen LogP contribution is 2.47. The molecule has 0 saturated heterocycles. The van der Waals surface area contributed by atoms with Crippen molar-refractivity contribution in [2.45, 2.75) is 0 Å². The van der Waals surface area contributed by atoms with Gasteiger partial charge in [-0.15, -0.1) is 0 Å². The molecule has 258 valence electrons. The van der Waals surface area contributed by atoms with E-state index in [2.05, 4.69) is 181 Å². The number of para-hydroxylation sites is 4. The van der Waals surface area contributed by atoms with Crippen molar-refractivity contribution >= 4 is 71.7 Å². The van der Waals surface area contributed by atoms with E-state index >= 15 is 0 Å². The Kier molecular flexibility index (Phi) is 7.17. The second-order valence-corrected chi connectivity index (χ2v) is 14.1. The first-order valence-corrected chi connectivity index (χ1v) is 18.7. The summed E-state index contributed by atoms with van der Waals surface area (Å²) in [6.45, 7) is 0. The molecule has 0 aliphatic carbocycles. The predicted molar refractivity (Wildman–Crippen MR) is 229 cm³/mol. The van der Waals surface area contributed by atoms with E-state index in [0.29, 0.717) is 0 Å². The molecule has 11 rings (SSSR count).